The molecular weight excluding hydrogens is 242 g/mol. The first kappa shape index (κ1) is 13.3. The van der Waals surface area contributed by atoms with Crippen LogP contribution in [0.3, 0.4) is 0 Å². The molecule has 0 aromatic heterocycles. The molecule has 1 aliphatic heterocycles. The number of hydrogen-bond donors (Lipinski definition) is 1. The summed E-state index contributed by atoms with van der Waals surface area (Å²) in [6, 6.07) is 6.84. The molecule has 1 fully saturated rings. The van der Waals surface area contributed by atoms with Crippen LogP contribution in [0.4, 0.5) is 5.69 Å². The minimum Gasteiger partial charge on any atom is -0.384 e. The van der Waals surface area contributed by atoms with Gasteiger partial charge in [0.25, 0.3) is 0 Å². The zero-order valence-electron chi connectivity index (χ0n) is 10.9. The van der Waals surface area contributed by atoms with Gasteiger partial charge in [0.05, 0.1) is 11.1 Å². The molecule has 4 nitrogen and oxygen atoms in total. The van der Waals surface area contributed by atoms with Crippen molar-refractivity contribution >= 4 is 17.5 Å². The highest BCUT2D eigenvalue weighted by Gasteiger charge is 2.45. The van der Waals surface area contributed by atoms with E-state index in [0.717, 1.165) is 5.56 Å². The third-order valence-corrected chi connectivity index (χ3v) is 3.06. The van der Waals surface area contributed by atoms with E-state index in [1.807, 2.05) is 0 Å². The quantitative estimate of drug-likeness (QED) is 0.610. The standard InChI is InChI=1S/C15H15NO3/c1-15(2)10-13(18)16(14(15)19)12-7-5-11(6-8-12)4-3-9-17/h5-8,17H,9-10H2,1-2H3. The maximum absolute atomic E-state index is 12.1. The number of aliphatic hydroxyl groups excluding tert-OH is 1. The Labute approximate surface area is 112 Å². The van der Waals surface area contributed by atoms with Gasteiger partial charge in [0.2, 0.25) is 11.8 Å². The van der Waals surface area contributed by atoms with Crippen LogP contribution in [0.2, 0.25) is 0 Å². The lowest BCUT2D eigenvalue weighted by Crippen LogP contribution is -2.32. The minimum atomic E-state index is -0.632. The van der Waals surface area contributed by atoms with E-state index in [4.69, 9.17) is 5.11 Å². The molecule has 0 bridgehead atoms. The summed E-state index contributed by atoms with van der Waals surface area (Å²) in [6.45, 7) is 3.35. The van der Waals surface area contributed by atoms with Gasteiger partial charge in [0.15, 0.2) is 0 Å². The number of imide groups is 1. The molecular formula is C15H15NO3. The Balaban J connectivity index is 2.28. The summed E-state index contributed by atoms with van der Waals surface area (Å²) in [6.07, 6.45) is 0.234. The molecule has 2 amide bonds. The van der Waals surface area contributed by atoms with Crippen molar-refractivity contribution in [3.8, 4) is 11.8 Å². The van der Waals surface area contributed by atoms with Crippen molar-refractivity contribution in [1.29, 1.82) is 0 Å². The highest BCUT2D eigenvalue weighted by molar-refractivity contribution is 6.22. The maximum atomic E-state index is 12.1. The van der Waals surface area contributed by atoms with Crippen molar-refractivity contribution < 1.29 is 14.7 Å². The Morgan fingerprint density at radius 1 is 1.26 bits per heavy atom. The molecule has 1 aliphatic rings. The number of rotatable bonds is 1. The van der Waals surface area contributed by atoms with Gasteiger partial charge in [0, 0.05) is 12.0 Å². The van der Waals surface area contributed by atoms with Crippen LogP contribution >= 0.6 is 0 Å². The summed E-state index contributed by atoms with van der Waals surface area (Å²) in [5.41, 5.74) is 0.665. The van der Waals surface area contributed by atoms with Gasteiger partial charge in [-0.3, -0.25) is 14.5 Å². The fourth-order valence-electron chi connectivity index (χ4n) is 2.05. The van der Waals surface area contributed by atoms with E-state index < -0.39 is 5.41 Å². The van der Waals surface area contributed by atoms with E-state index in [-0.39, 0.29) is 24.8 Å². The highest BCUT2D eigenvalue weighted by atomic mass is 16.2. The average molecular weight is 257 g/mol. The zero-order valence-corrected chi connectivity index (χ0v) is 10.9. The molecule has 1 aromatic rings. The Kier molecular flexibility index (Phi) is 3.41. The molecule has 0 saturated carbocycles. The van der Waals surface area contributed by atoms with Crippen LogP contribution in [0, 0.1) is 17.3 Å². The Hall–Kier alpha value is -2.12. The second-order valence-corrected chi connectivity index (χ2v) is 5.10. The van der Waals surface area contributed by atoms with Crippen LogP contribution < -0.4 is 4.90 Å². The fourth-order valence-corrected chi connectivity index (χ4v) is 2.05. The van der Waals surface area contributed by atoms with E-state index >= 15 is 0 Å². The molecule has 0 radical (unpaired) electrons. The van der Waals surface area contributed by atoms with Gasteiger partial charge < -0.3 is 5.11 Å². The van der Waals surface area contributed by atoms with Gasteiger partial charge in [-0.25, -0.2) is 0 Å². The van der Waals surface area contributed by atoms with E-state index in [1.54, 1.807) is 38.1 Å². The third-order valence-electron chi connectivity index (χ3n) is 3.06. The van der Waals surface area contributed by atoms with Crippen LogP contribution in [0.1, 0.15) is 25.8 Å². The average Bonchev–Trinajstić information content (AvgIpc) is 2.57. The van der Waals surface area contributed by atoms with Crippen molar-refractivity contribution in [3.63, 3.8) is 0 Å². The van der Waals surface area contributed by atoms with Gasteiger partial charge in [-0.2, -0.15) is 0 Å². The van der Waals surface area contributed by atoms with Crippen molar-refractivity contribution in [2.24, 2.45) is 5.41 Å². The lowest BCUT2D eigenvalue weighted by Gasteiger charge is -2.17. The Bertz CT molecular complexity index is 576. The normalized spacial score (nSPS) is 17.3. The number of carbonyl (C=O) groups is 2. The van der Waals surface area contributed by atoms with Crippen LogP contribution in [0.15, 0.2) is 24.3 Å². The number of amides is 2. The molecule has 1 N–H and O–H groups in total. The molecule has 0 atom stereocenters. The van der Waals surface area contributed by atoms with Crippen molar-refractivity contribution in [1.82, 2.24) is 0 Å². The highest BCUT2D eigenvalue weighted by Crippen LogP contribution is 2.34. The van der Waals surface area contributed by atoms with Crippen molar-refractivity contribution in [3.05, 3.63) is 29.8 Å². The molecule has 1 heterocycles. The van der Waals surface area contributed by atoms with E-state index in [1.165, 1.54) is 4.90 Å². The summed E-state index contributed by atoms with van der Waals surface area (Å²) in [5, 5.41) is 8.61. The molecule has 4 heteroatoms. The topological polar surface area (TPSA) is 57.6 Å². The number of hydrogen-bond acceptors (Lipinski definition) is 3. The van der Waals surface area contributed by atoms with Crippen LogP contribution in [-0.4, -0.2) is 23.5 Å². The Morgan fingerprint density at radius 2 is 1.89 bits per heavy atom. The summed E-state index contributed by atoms with van der Waals surface area (Å²) in [5.74, 6) is 4.95. The Morgan fingerprint density at radius 3 is 2.37 bits per heavy atom. The molecule has 1 saturated heterocycles. The van der Waals surface area contributed by atoms with Crippen molar-refractivity contribution in [2.75, 3.05) is 11.5 Å². The first-order chi connectivity index (χ1) is 8.95. The van der Waals surface area contributed by atoms with E-state index in [0.29, 0.717) is 5.69 Å². The summed E-state index contributed by atoms with van der Waals surface area (Å²) >= 11 is 0. The number of benzene rings is 1. The number of anilines is 1. The monoisotopic (exact) mass is 257 g/mol. The number of nitrogens with zero attached hydrogens (tertiary/aromatic N) is 1. The lowest BCUT2D eigenvalue weighted by molar-refractivity contribution is -0.124. The number of aliphatic hydroxyl groups is 1. The second kappa shape index (κ2) is 4.87. The molecule has 1 aromatic carbocycles. The predicted molar refractivity (Wildman–Crippen MR) is 71.3 cm³/mol. The maximum Gasteiger partial charge on any atom is 0.239 e. The van der Waals surface area contributed by atoms with Gasteiger partial charge >= 0.3 is 0 Å². The van der Waals surface area contributed by atoms with Crippen LogP contribution in [0.25, 0.3) is 0 Å². The minimum absolute atomic E-state index is 0.174. The molecule has 0 aliphatic carbocycles. The van der Waals surface area contributed by atoms with Crippen LogP contribution in [0.5, 0.6) is 0 Å². The van der Waals surface area contributed by atoms with Gasteiger partial charge in [-0.15, -0.1) is 0 Å². The SMILES string of the molecule is CC1(C)CC(=O)N(c2ccc(C#CCO)cc2)C1=O. The van der Waals surface area contributed by atoms with Crippen molar-refractivity contribution in [2.45, 2.75) is 20.3 Å². The summed E-state index contributed by atoms with van der Waals surface area (Å²) in [7, 11) is 0. The molecule has 0 spiro atoms. The zero-order chi connectivity index (χ0) is 14.0. The summed E-state index contributed by atoms with van der Waals surface area (Å²) < 4.78 is 0. The fraction of sp³-hybridized carbons (Fsp3) is 0.333. The third kappa shape index (κ3) is 2.51. The smallest absolute Gasteiger partial charge is 0.239 e. The molecule has 98 valence electrons. The molecule has 2 rings (SSSR count). The summed E-state index contributed by atoms with van der Waals surface area (Å²) in [4.78, 5) is 25.3. The largest absolute Gasteiger partial charge is 0.384 e. The molecule has 0 unspecified atom stereocenters. The first-order valence-corrected chi connectivity index (χ1v) is 6.03. The van der Waals surface area contributed by atoms with Crippen LogP contribution in [-0.2, 0) is 9.59 Å². The van der Waals surface area contributed by atoms with E-state index in [9.17, 15) is 9.59 Å². The second-order valence-electron chi connectivity index (χ2n) is 5.10. The lowest BCUT2D eigenvalue weighted by atomic mass is 9.92. The van der Waals surface area contributed by atoms with Gasteiger partial charge in [-0.1, -0.05) is 25.7 Å². The molecule has 19 heavy (non-hydrogen) atoms. The van der Waals surface area contributed by atoms with Gasteiger partial charge in [0.1, 0.15) is 6.61 Å². The number of carbonyl (C=O) groups excluding carboxylic acids is 2. The van der Waals surface area contributed by atoms with E-state index in [2.05, 4.69) is 11.8 Å². The predicted octanol–water partition coefficient (Wildman–Crippen LogP) is 1.32. The first-order valence-electron chi connectivity index (χ1n) is 6.03. The van der Waals surface area contributed by atoms with Gasteiger partial charge in [-0.05, 0) is 24.3 Å².